The number of allylic oxidation sites excluding steroid dienone is 2. The average molecular weight is 228 g/mol. The number of Topliss-reactive ketones (excluding diaryl/α,β-unsaturated/α-hetero) is 1. The fraction of sp³-hybridized carbons (Fsp3) is 0.438. The van der Waals surface area contributed by atoms with Crippen molar-refractivity contribution in [2.24, 2.45) is 0 Å². The molecule has 0 saturated carbocycles. The van der Waals surface area contributed by atoms with Crippen LogP contribution in [-0.2, 0) is 11.2 Å². The average Bonchev–Trinajstić information content (AvgIpc) is 2.77. The molecule has 0 saturated heterocycles. The highest BCUT2D eigenvalue weighted by Gasteiger charge is 2.13. The highest BCUT2D eigenvalue weighted by Crippen LogP contribution is 2.25. The van der Waals surface area contributed by atoms with Gasteiger partial charge in [-0.2, -0.15) is 0 Å². The van der Waals surface area contributed by atoms with Crippen LogP contribution in [0.2, 0.25) is 0 Å². The standard InChI is InChI=1S/C16H20O/c1-2-3-4-5-13-6-8-14(9-7-13)15-10-11-16(17)12-15/h6-10H,2-5,11-12H2,1H3. The first kappa shape index (κ1) is 12.1. The van der Waals surface area contributed by atoms with E-state index in [1.807, 2.05) is 0 Å². The van der Waals surface area contributed by atoms with Crippen LogP contribution < -0.4 is 0 Å². The van der Waals surface area contributed by atoms with Crippen LogP contribution in [0.3, 0.4) is 0 Å². The van der Waals surface area contributed by atoms with Crippen LogP contribution >= 0.6 is 0 Å². The van der Waals surface area contributed by atoms with Gasteiger partial charge in [0, 0.05) is 12.8 Å². The van der Waals surface area contributed by atoms with Crippen molar-refractivity contribution in [3.8, 4) is 0 Å². The van der Waals surface area contributed by atoms with Gasteiger partial charge in [0.2, 0.25) is 0 Å². The quantitative estimate of drug-likeness (QED) is 0.691. The summed E-state index contributed by atoms with van der Waals surface area (Å²) in [6.07, 6.45) is 8.33. The second kappa shape index (κ2) is 5.81. The normalized spacial score (nSPS) is 15.1. The number of unbranched alkanes of at least 4 members (excludes halogenated alkanes) is 2. The van der Waals surface area contributed by atoms with Crippen LogP contribution in [0.15, 0.2) is 30.3 Å². The highest BCUT2D eigenvalue weighted by atomic mass is 16.1. The van der Waals surface area contributed by atoms with Gasteiger partial charge in [-0.15, -0.1) is 0 Å². The zero-order chi connectivity index (χ0) is 12.1. The third kappa shape index (κ3) is 3.29. The van der Waals surface area contributed by atoms with Gasteiger partial charge in [0.15, 0.2) is 0 Å². The number of carbonyl (C=O) groups is 1. The summed E-state index contributed by atoms with van der Waals surface area (Å²) in [5.74, 6) is 0.340. The summed E-state index contributed by atoms with van der Waals surface area (Å²) in [4.78, 5) is 11.2. The number of carbonyl (C=O) groups excluding carboxylic acids is 1. The van der Waals surface area contributed by atoms with Crippen molar-refractivity contribution >= 4 is 11.4 Å². The fourth-order valence-electron chi connectivity index (χ4n) is 2.28. The zero-order valence-electron chi connectivity index (χ0n) is 10.5. The van der Waals surface area contributed by atoms with Gasteiger partial charge in [-0.1, -0.05) is 50.1 Å². The molecule has 1 nitrogen and oxygen atoms in total. The third-order valence-corrected chi connectivity index (χ3v) is 3.36. The molecule has 17 heavy (non-hydrogen) atoms. The Hall–Kier alpha value is -1.37. The molecular formula is C16H20O. The predicted molar refractivity (Wildman–Crippen MR) is 71.9 cm³/mol. The molecule has 0 aliphatic heterocycles. The van der Waals surface area contributed by atoms with Gasteiger partial charge in [-0.25, -0.2) is 0 Å². The van der Waals surface area contributed by atoms with Crippen LogP contribution in [0.1, 0.15) is 50.2 Å². The van der Waals surface area contributed by atoms with E-state index < -0.39 is 0 Å². The first-order valence-corrected chi connectivity index (χ1v) is 6.59. The number of ketones is 1. The highest BCUT2D eigenvalue weighted by molar-refractivity contribution is 5.96. The van der Waals surface area contributed by atoms with Gasteiger partial charge in [0.1, 0.15) is 5.78 Å². The minimum Gasteiger partial charge on any atom is -0.299 e. The summed E-state index contributed by atoms with van der Waals surface area (Å²) >= 11 is 0. The lowest BCUT2D eigenvalue weighted by atomic mass is 10.0. The largest absolute Gasteiger partial charge is 0.299 e. The molecule has 0 N–H and O–H groups in total. The molecule has 0 fully saturated rings. The second-order valence-electron chi connectivity index (χ2n) is 4.80. The Kier molecular flexibility index (Phi) is 4.13. The molecule has 2 rings (SSSR count). The van der Waals surface area contributed by atoms with Crippen molar-refractivity contribution in [2.45, 2.75) is 45.4 Å². The van der Waals surface area contributed by atoms with Crippen molar-refractivity contribution in [2.75, 3.05) is 0 Å². The van der Waals surface area contributed by atoms with Gasteiger partial charge in [0.05, 0.1) is 0 Å². The Balaban J connectivity index is 1.96. The molecule has 1 aliphatic rings. The number of hydrogen-bond donors (Lipinski definition) is 0. The molecule has 0 atom stereocenters. The van der Waals surface area contributed by atoms with Gasteiger partial charge in [-0.05, 0) is 29.5 Å². The van der Waals surface area contributed by atoms with Crippen LogP contribution in [-0.4, -0.2) is 5.78 Å². The lowest BCUT2D eigenvalue weighted by molar-refractivity contribution is -0.116. The van der Waals surface area contributed by atoms with E-state index >= 15 is 0 Å². The molecule has 0 bridgehead atoms. The lowest BCUT2D eigenvalue weighted by Gasteiger charge is -2.04. The van der Waals surface area contributed by atoms with Crippen molar-refractivity contribution in [1.82, 2.24) is 0 Å². The SMILES string of the molecule is CCCCCc1ccc(C2=CCC(=O)C2)cc1. The van der Waals surface area contributed by atoms with E-state index in [1.165, 1.54) is 42.4 Å². The number of rotatable bonds is 5. The topological polar surface area (TPSA) is 17.1 Å². The van der Waals surface area contributed by atoms with Crippen molar-refractivity contribution < 1.29 is 4.79 Å². The second-order valence-corrected chi connectivity index (χ2v) is 4.80. The third-order valence-electron chi connectivity index (χ3n) is 3.36. The summed E-state index contributed by atoms with van der Waals surface area (Å²) in [5, 5.41) is 0. The molecule has 0 heterocycles. The van der Waals surface area contributed by atoms with Crippen molar-refractivity contribution in [3.05, 3.63) is 41.5 Å². The molecule has 1 aromatic rings. The molecule has 1 aliphatic carbocycles. The van der Waals surface area contributed by atoms with Gasteiger partial charge < -0.3 is 0 Å². The molecule has 0 unspecified atom stereocenters. The van der Waals surface area contributed by atoms with Crippen LogP contribution in [0, 0.1) is 0 Å². The molecule has 90 valence electrons. The minimum atomic E-state index is 0.340. The molecule has 0 spiro atoms. The Morgan fingerprint density at radius 1 is 1.12 bits per heavy atom. The zero-order valence-corrected chi connectivity index (χ0v) is 10.5. The van der Waals surface area contributed by atoms with Crippen molar-refractivity contribution in [1.29, 1.82) is 0 Å². The molecule has 0 aromatic heterocycles. The van der Waals surface area contributed by atoms with E-state index in [9.17, 15) is 4.79 Å². The van der Waals surface area contributed by atoms with E-state index in [0.29, 0.717) is 18.6 Å². The maximum Gasteiger partial charge on any atom is 0.141 e. The minimum absolute atomic E-state index is 0.340. The number of benzene rings is 1. The summed E-state index contributed by atoms with van der Waals surface area (Å²) in [6, 6.07) is 8.72. The van der Waals surface area contributed by atoms with Crippen molar-refractivity contribution in [3.63, 3.8) is 0 Å². The summed E-state index contributed by atoms with van der Waals surface area (Å²) in [5.41, 5.74) is 3.83. The molecular weight excluding hydrogens is 208 g/mol. The van der Waals surface area contributed by atoms with E-state index in [2.05, 4.69) is 37.3 Å². The molecule has 1 aromatic carbocycles. The summed E-state index contributed by atoms with van der Waals surface area (Å²) < 4.78 is 0. The monoisotopic (exact) mass is 228 g/mol. The number of aryl methyl sites for hydroxylation is 1. The first-order chi connectivity index (χ1) is 8.29. The summed E-state index contributed by atoms with van der Waals surface area (Å²) in [6.45, 7) is 2.23. The van der Waals surface area contributed by atoms with Gasteiger partial charge >= 0.3 is 0 Å². The van der Waals surface area contributed by atoms with E-state index in [1.54, 1.807) is 0 Å². The van der Waals surface area contributed by atoms with Crippen LogP contribution in [0.4, 0.5) is 0 Å². The Labute approximate surface area is 104 Å². The van der Waals surface area contributed by atoms with Crippen LogP contribution in [0.5, 0.6) is 0 Å². The molecule has 0 radical (unpaired) electrons. The smallest absolute Gasteiger partial charge is 0.141 e. The first-order valence-electron chi connectivity index (χ1n) is 6.59. The lowest BCUT2D eigenvalue weighted by Crippen LogP contribution is -1.90. The maximum atomic E-state index is 11.2. The molecule has 1 heteroatoms. The Morgan fingerprint density at radius 2 is 1.88 bits per heavy atom. The Morgan fingerprint density at radius 3 is 2.47 bits per heavy atom. The summed E-state index contributed by atoms with van der Waals surface area (Å²) in [7, 11) is 0. The predicted octanol–water partition coefficient (Wildman–Crippen LogP) is 4.17. The van der Waals surface area contributed by atoms with E-state index in [-0.39, 0.29) is 0 Å². The van der Waals surface area contributed by atoms with E-state index in [0.717, 1.165) is 0 Å². The fourth-order valence-corrected chi connectivity index (χ4v) is 2.28. The van der Waals surface area contributed by atoms with Gasteiger partial charge in [0.25, 0.3) is 0 Å². The number of hydrogen-bond acceptors (Lipinski definition) is 1. The molecule has 0 amide bonds. The Bertz CT molecular complexity index is 412. The van der Waals surface area contributed by atoms with Crippen LogP contribution in [0.25, 0.3) is 5.57 Å². The maximum absolute atomic E-state index is 11.2. The van der Waals surface area contributed by atoms with Gasteiger partial charge in [-0.3, -0.25) is 4.79 Å². The van der Waals surface area contributed by atoms with E-state index in [4.69, 9.17) is 0 Å².